The summed E-state index contributed by atoms with van der Waals surface area (Å²) in [7, 11) is -2.42. The molecule has 1 amide bonds. The Kier molecular flexibility index (Phi) is 10.0. The van der Waals surface area contributed by atoms with Crippen LogP contribution >= 0.6 is 11.6 Å². The number of carbonyl (C=O) groups excluding carboxylic acids is 1. The first-order chi connectivity index (χ1) is 27.0. The molecule has 1 saturated carbocycles. The molecule has 0 spiro atoms. The molecule has 0 radical (unpaired) electrons. The highest BCUT2D eigenvalue weighted by atomic mass is 35.5. The predicted octanol–water partition coefficient (Wildman–Crippen LogP) is 6.53. The number of carbonyl (C=O) groups is 1. The number of rotatable bonds is 10. The highest BCUT2D eigenvalue weighted by Crippen LogP contribution is 2.68. The van der Waals surface area contributed by atoms with Gasteiger partial charge in [0.25, 0.3) is 5.92 Å². The zero-order chi connectivity index (χ0) is 42.3. The summed E-state index contributed by atoms with van der Waals surface area (Å²) in [5.74, 6) is -4.64. The molecule has 0 aliphatic heterocycles. The van der Waals surface area contributed by atoms with Crippen LogP contribution in [-0.2, 0) is 46.9 Å². The Labute approximate surface area is 329 Å². The number of amides is 1. The van der Waals surface area contributed by atoms with Crippen LogP contribution in [0.5, 0.6) is 0 Å². The Balaban J connectivity index is 1.40. The van der Waals surface area contributed by atoms with Gasteiger partial charge in [0.2, 0.25) is 15.9 Å². The first kappa shape index (κ1) is 40.9. The van der Waals surface area contributed by atoms with Gasteiger partial charge in [-0.2, -0.15) is 32.1 Å². The van der Waals surface area contributed by atoms with Crippen molar-refractivity contribution >= 4 is 44.3 Å². The van der Waals surface area contributed by atoms with E-state index in [0.29, 0.717) is 10.7 Å². The number of alkyl halides is 6. The van der Waals surface area contributed by atoms with E-state index in [1.54, 1.807) is 0 Å². The summed E-state index contributed by atoms with van der Waals surface area (Å²) < 4.78 is 144. The van der Waals surface area contributed by atoms with Crippen molar-refractivity contribution in [1.82, 2.24) is 29.9 Å². The molecule has 306 valence electrons. The van der Waals surface area contributed by atoms with E-state index >= 15 is 8.78 Å². The highest BCUT2D eigenvalue weighted by Gasteiger charge is 2.68. The summed E-state index contributed by atoms with van der Waals surface area (Å²) in [6, 6.07) is 6.69. The van der Waals surface area contributed by atoms with Gasteiger partial charge in [0, 0.05) is 35.7 Å². The molecule has 1 unspecified atom stereocenters. The number of nitrogens with zero attached hydrogens (tertiary/aromatic N) is 5. The van der Waals surface area contributed by atoms with Gasteiger partial charge in [-0.05, 0) is 67.5 Å². The molecular formula is C37H30ClF8N7O4S. The zero-order valence-electron chi connectivity index (χ0n) is 30.3. The minimum atomic E-state index is -5.11. The van der Waals surface area contributed by atoms with Crippen molar-refractivity contribution in [2.24, 2.45) is 13.0 Å². The molecule has 3 aromatic heterocycles. The molecular weight excluding hydrogens is 826 g/mol. The van der Waals surface area contributed by atoms with Crippen molar-refractivity contribution in [2.75, 3.05) is 17.7 Å². The van der Waals surface area contributed by atoms with Crippen LogP contribution in [0.25, 0.3) is 22.0 Å². The molecule has 7 rings (SSSR count). The monoisotopic (exact) mass is 855 g/mol. The van der Waals surface area contributed by atoms with E-state index in [4.69, 9.17) is 11.6 Å². The Morgan fingerprint density at radius 1 is 1.10 bits per heavy atom. The van der Waals surface area contributed by atoms with E-state index in [1.165, 1.54) is 36.0 Å². The topological polar surface area (TPSA) is 144 Å². The molecule has 58 heavy (non-hydrogen) atoms. The number of halogens is 9. The molecule has 1 fully saturated rings. The molecule has 11 nitrogen and oxygen atoms in total. The standard InChI is InChI=1S/C37H30ClF8N7O4S/c1-35(55,16-39)9-8-20-4-5-21(22-6-7-25(38)29-31(22)52(2)50-34(29)51-58(3,56)57)30(47-20)26(12-17-10-18(40)13-19(41)11-17)48-27(54)15-53-33-28(32(49-53)37(44,45)46)23-14-24(23)36(33,42)43/h4-7,10-11,13,23-24,26,55H,12,14-16H2,1-3H3,(H,48,54)(H,50,51)/t23-,24+,26-,35?/m0/s1. The van der Waals surface area contributed by atoms with Crippen LogP contribution < -0.4 is 10.0 Å². The maximum Gasteiger partial charge on any atom is 0.435 e. The van der Waals surface area contributed by atoms with Gasteiger partial charge in [0.05, 0.1) is 33.9 Å². The highest BCUT2D eigenvalue weighted by molar-refractivity contribution is 7.92. The number of aliphatic hydroxyl groups is 1. The molecule has 3 heterocycles. The summed E-state index contributed by atoms with van der Waals surface area (Å²) >= 11 is 6.54. The molecule has 2 aliphatic carbocycles. The number of aromatic nitrogens is 5. The van der Waals surface area contributed by atoms with Crippen LogP contribution in [0.3, 0.4) is 0 Å². The van der Waals surface area contributed by atoms with Gasteiger partial charge in [0.15, 0.2) is 17.1 Å². The van der Waals surface area contributed by atoms with E-state index in [9.17, 15) is 44.7 Å². The lowest BCUT2D eigenvalue weighted by Crippen LogP contribution is -2.35. The van der Waals surface area contributed by atoms with Crippen molar-refractivity contribution in [2.45, 2.75) is 56.0 Å². The van der Waals surface area contributed by atoms with Crippen LogP contribution in [-0.4, -0.2) is 62.5 Å². The fraction of sp³-hybridized carbons (Fsp3) is 0.351. The number of aryl methyl sites for hydroxylation is 1. The summed E-state index contributed by atoms with van der Waals surface area (Å²) in [5, 5.41) is 20.6. The Morgan fingerprint density at radius 3 is 2.41 bits per heavy atom. The lowest BCUT2D eigenvalue weighted by molar-refractivity contribution is -0.142. The summed E-state index contributed by atoms with van der Waals surface area (Å²) in [5.41, 5.74) is -5.04. The van der Waals surface area contributed by atoms with Crippen LogP contribution in [0.15, 0.2) is 42.5 Å². The summed E-state index contributed by atoms with van der Waals surface area (Å²) in [6.45, 7) is -1.31. The summed E-state index contributed by atoms with van der Waals surface area (Å²) in [6.07, 6.45) is -4.86. The largest absolute Gasteiger partial charge is 0.435 e. The maximum absolute atomic E-state index is 15.4. The lowest BCUT2D eigenvalue weighted by atomic mass is 9.93. The van der Waals surface area contributed by atoms with Crippen molar-refractivity contribution in [1.29, 1.82) is 0 Å². The second-order valence-corrected chi connectivity index (χ2v) is 16.5. The first-order valence-electron chi connectivity index (χ1n) is 17.2. The molecule has 21 heteroatoms. The van der Waals surface area contributed by atoms with E-state index < -0.39 is 99.7 Å². The number of pyridine rings is 1. The number of sulfonamides is 1. The SMILES string of the molecule is Cn1nc(NS(C)(=O)=O)c2c(Cl)ccc(-c3ccc(C#CC(C)(O)CF)nc3[C@H](Cc3cc(F)cc(F)c3)NC(=O)Cn3nc(C(F)(F)F)c4c3C(F)(F)[C@@H]3C[C@H]43)c21. The Bertz CT molecular complexity index is 2670. The van der Waals surface area contributed by atoms with Gasteiger partial charge in [0.1, 0.15) is 36.2 Å². The van der Waals surface area contributed by atoms with E-state index in [2.05, 4.69) is 37.1 Å². The van der Waals surface area contributed by atoms with Crippen molar-refractivity contribution < 1.29 is 53.4 Å². The average Bonchev–Trinajstić information content (AvgIpc) is 3.65. The number of fused-ring (bicyclic) bond motifs is 4. The number of anilines is 1. The Hall–Kier alpha value is -5.26. The molecule has 2 aliphatic rings. The number of hydrogen-bond acceptors (Lipinski definition) is 7. The minimum absolute atomic E-state index is 0.0558. The Morgan fingerprint density at radius 2 is 1.78 bits per heavy atom. The molecule has 3 N–H and O–H groups in total. The van der Waals surface area contributed by atoms with Crippen molar-refractivity contribution in [3.8, 4) is 23.0 Å². The molecule has 0 saturated heterocycles. The second-order valence-electron chi connectivity index (χ2n) is 14.4. The third-order valence-electron chi connectivity index (χ3n) is 9.68. The van der Waals surface area contributed by atoms with Gasteiger partial charge in [-0.1, -0.05) is 23.6 Å². The van der Waals surface area contributed by atoms with Crippen LogP contribution in [0.1, 0.15) is 59.2 Å². The fourth-order valence-corrected chi connectivity index (χ4v) is 8.00. The first-order valence-corrected chi connectivity index (χ1v) is 19.5. The van der Waals surface area contributed by atoms with E-state index in [-0.39, 0.29) is 56.2 Å². The second kappa shape index (κ2) is 14.2. The van der Waals surface area contributed by atoms with Gasteiger partial charge in [-0.25, -0.2) is 26.6 Å². The van der Waals surface area contributed by atoms with Gasteiger partial charge in [-0.3, -0.25) is 18.9 Å². The molecule has 2 aromatic carbocycles. The fourth-order valence-electron chi connectivity index (χ4n) is 7.26. The predicted molar refractivity (Wildman–Crippen MR) is 194 cm³/mol. The number of hydrogen-bond donors (Lipinski definition) is 3. The van der Waals surface area contributed by atoms with Gasteiger partial charge in [-0.15, -0.1) is 0 Å². The molecule has 4 atom stereocenters. The van der Waals surface area contributed by atoms with E-state index in [0.717, 1.165) is 25.3 Å². The average molecular weight is 856 g/mol. The molecule has 0 bridgehead atoms. The van der Waals surface area contributed by atoms with Crippen molar-refractivity contribution in [3.63, 3.8) is 0 Å². The molecule has 5 aromatic rings. The number of benzene rings is 2. The van der Waals surface area contributed by atoms with Crippen LogP contribution in [0.4, 0.5) is 40.9 Å². The third kappa shape index (κ3) is 7.82. The third-order valence-corrected chi connectivity index (χ3v) is 10.6. The van der Waals surface area contributed by atoms with Crippen molar-refractivity contribution in [3.05, 3.63) is 93.0 Å². The van der Waals surface area contributed by atoms with Crippen LogP contribution in [0.2, 0.25) is 5.02 Å². The smallest absolute Gasteiger partial charge is 0.375 e. The van der Waals surface area contributed by atoms with Gasteiger partial charge < -0.3 is 10.4 Å². The van der Waals surface area contributed by atoms with Gasteiger partial charge >= 0.3 is 6.18 Å². The zero-order valence-corrected chi connectivity index (χ0v) is 31.9. The lowest BCUT2D eigenvalue weighted by Gasteiger charge is -2.23. The maximum atomic E-state index is 15.4. The van der Waals surface area contributed by atoms with E-state index in [1.807, 2.05) is 0 Å². The quantitative estimate of drug-likeness (QED) is 0.107. The van der Waals surface area contributed by atoms with Crippen LogP contribution in [0, 0.1) is 29.4 Å². The number of nitrogens with one attached hydrogen (secondary N) is 2. The summed E-state index contributed by atoms with van der Waals surface area (Å²) in [4.78, 5) is 18.5. The minimum Gasteiger partial charge on any atom is -0.375 e. The normalized spacial score (nSPS) is 18.5.